The van der Waals surface area contributed by atoms with Crippen molar-refractivity contribution in [2.45, 2.75) is 70.6 Å². The van der Waals surface area contributed by atoms with Crippen LogP contribution in [0.2, 0.25) is 0 Å². The van der Waals surface area contributed by atoms with Gasteiger partial charge in [-0.2, -0.15) is 0 Å². The van der Waals surface area contributed by atoms with Crippen molar-refractivity contribution < 1.29 is 17.7 Å². The lowest BCUT2D eigenvalue weighted by Crippen LogP contribution is -2.42. The van der Waals surface area contributed by atoms with E-state index in [1.54, 1.807) is 0 Å². The monoisotopic (exact) mass is 423 g/mol. The molecule has 2 bridgehead atoms. The third-order valence-corrected chi connectivity index (χ3v) is 9.40. The second kappa shape index (κ2) is 7.32. The quantitative estimate of drug-likeness (QED) is 0.725. The Hall–Kier alpha value is -0.960. The summed E-state index contributed by atoms with van der Waals surface area (Å²) in [6.45, 7) is 7.18. The fourth-order valence-corrected chi connectivity index (χ4v) is 7.92. The van der Waals surface area contributed by atoms with Gasteiger partial charge in [0.1, 0.15) is 5.76 Å². The predicted octanol–water partition coefficient (Wildman–Crippen LogP) is 2.38. The molecule has 7 nitrogen and oxygen atoms in total. The lowest BCUT2D eigenvalue weighted by atomic mass is 9.74. The van der Waals surface area contributed by atoms with Crippen LogP contribution in [-0.4, -0.2) is 55.6 Å². The first-order chi connectivity index (χ1) is 13.9. The molecule has 0 radical (unpaired) electrons. The van der Waals surface area contributed by atoms with E-state index in [2.05, 4.69) is 14.8 Å². The van der Waals surface area contributed by atoms with Gasteiger partial charge >= 0.3 is 0 Å². The molecule has 5 rings (SSSR count). The van der Waals surface area contributed by atoms with Gasteiger partial charge in [-0.1, -0.05) is 18.0 Å². The minimum absolute atomic E-state index is 0.0921. The summed E-state index contributed by atoms with van der Waals surface area (Å²) in [7, 11) is -3.21. The molecule has 4 fully saturated rings. The first-order valence-electron chi connectivity index (χ1n) is 11.1. The van der Waals surface area contributed by atoms with Crippen molar-refractivity contribution in [1.29, 1.82) is 0 Å². The second-order valence-electron chi connectivity index (χ2n) is 9.78. The highest BCUT2D eigenvalue weighted by atomic mass is 32.2. The van der Waals surface area contributed by atoms with Gasteiger partial charge in [0.05, 0.1) is 23.2 Å². The Morgan fingerprint density at radius 3 is 2.76 bits per heavy atom. The number of hydrogen-bond acceptors (Lipinski definition) is 6. The van der Waals surface area contributed by atoms with Crippen molar-refractivity contribution in [3.8, 4) is 0 Å². The number of likely N-dealkylation sites (tertiary alicyclic amines) is 1. The van der Waals surface area contributed by atoms with Crippen molar-refractivity contribution in [2.24, 2.45) is 17.8 Å². The number of fused-ring (bicyclic) bond motifs is 1. The Morgan fingerprint density at radius 2 is 2.03 bits per heavy atom. The van der Waals surface area contributed by atoms with E-state index in [9.17, 15) is 8.42 Å². The highest BCUT2D eigenvalue weighted by Gasteiger charge is 2.62. The van der Waals surface area contributed by atoms with Crippen LogP contribution < -0.4 is 4.72 Å². The van der Waals surface area contributed by atoms with E-state index >= 15 is 0 Å². The molecule has 4 heterocycles. The number of rotatable bonds is 7. The van der Waals surface area contributed by atoms with Crippen molar-refractivity contribution >= 4 is 10.0 Å². The molecule has 0 amide bonds. The molecular formula is C21H33N3O4S. The highest BCUT2D eigenvalue weighted by Crippen LogP contribution is 2.54. The molecule has 3 saturated heterocycles. The minimum Gasteiger partial charge on any atom is -0.370 e. The Kier molecular flexibility index (Phi) is 5.04. The van der Waals surface area contributed by atoms with E-state index < -0.39 is 10.0 Å². The van der Waals surface area contributed by atoms with Gasteiger partial charge in [0.15, 0.2) is 0 Å². The SMILES string of the molecule is Cc1noc(C)c1CN1C[C@@H]2[C@H](CNS(=O)(=O)CC3CCCC3)[C@H]3CC[C@]2(C1)O3. The first kappa shape index (κ1) is 20.0. The van der Waals surface area contributed by atoms with Gasteiger partial charge in [0, 0.05) is 43.6 Å². The molecule has 3 aliphatic heterocycles. The van der Waals surface area contributed by atoms with Gasteiger partial charge in [-0.25, -0.2) is 13.1 Å². The fourth-order valence-electron chi connectivity index (χ4n) is 6.40. The molecule has 1 aromatic heterocycles. The van der Waals surface area contributed by atoms with Gasteiger partial charge in [-0.15, -0.1) is 0 Å². The summed E-state index contributed by atoms with van der Waals surface area (Å²) < 4.78 is 40.0. The maximum absolute atomic E-state index is 12.6. The number of aryl methyl sites for hydroxylation is 2. The molecule has 1 N–H and O–H groups in total. The number of hydrogen-bond donors (Lipinski definition) is 1. The van der Waals surface area contributed by atoms with Gasteiger partial charge in [-0.05, 0) is 45.4 Å². The molecule has 162 valence electrons. The molecule has 4 atom stereocenters. The number of nitrogens with one attached hydrogen (secondary N) is 1. The van der Waals surface area contributed by atoms with E-state index in [1.165, 1.54) is 18.4 Å². The molecule has 1 aromatic rings. The normalized spacial score (nSPS) is 35.0. The van der Waals surface area contributed by atoms with Crippen LogP contribution in [0, 0.1) is 31.6 Å². The molecule has 0 aromatic carbocycles. The summed E-state index contributed by atoms with van der Waals surface area (Å²) in [4.78, 5) is 2.44. The lowest BCUT2D eigenvalue weighted by molar-refractivity contribution is 0.00215. The number of sulfonamides is 1. The molecular weight excluding hydrogens is 390 g/mol. The molecule has 8 heteroatoms. The molecule has 1 saturated carbocycles. The van der Waals surface area contributed by atoms with Crippen LogP contribution in [0.25, 0.3) is 0 Å². The van der Waals surface area contributed by atoms with Crippen LogP contribution in [0.1, 0.15) is 55.5 Å². The molecule has 29 heavy (non-hydrogen) atoms. The maximum Gasteiger partial charge on any atom is 0.211 e. The van der Waals surface area contributed by atoms with Crippen LogP contribution in [0.5, 0.6) is 0 Å². The molecule has 1 aliphatic carbocycles. The summed E-state index contributed by atoms with van der Waals surface area (Å²) in [6, 6.07) is 0. The van der Waals surface area contributed by atoms with Crippen LogP contribution >= 0.6 is 0 Å². The average molecular weight is 424 g/mol. The molecule has 0 unspecified atom stereocenters. The van der Waals surface area contributed by atoms with Gasteiger partial charge in [0.2, 0.25) is 10.0 Å². The van der Waals surface area contributed by atoms with E-state index in [-0.39, 0.29) is 17.6 Å². The zero-order valence-corrected chi connectivity index (χ0v) is 18.3. The Morgan fingerprint density at radius 1 is 1.24 bits per heavy atom. The topological polar surface area (TPSA) is 84.7 Å². The smallest absolute Gasteiger partial charge is 0.211 e. The summed E-state index contributed by atoms with van der Waals surface area (Å²) in [6.07, 6.45) is 6.79. The Labute approximate surface area is 173 Å². The van der Waals surface area contributed by atoms with Crippen molar-refractivity contribution in [3.05, 3.63) is 17.0 Å². The van der Waals surface area contributed by atoms with Crippen LogP contribution in [-0.2, 0) is 21.3 Å². The zero-order valence-electron chi connectivity index (χ0n) is 17.5. The van der Waals surface area contributed by atoms with E-state index in [0.29, 0.717) is 24.1 Å². The van der Waals surface area contributed by atoms with Gasteiger partial charge < -0.3 is 9.26 Å². The number of aromatic nitrogens is 1. The minimum atomic E-state index is -3.21. The van der Waals surface area contributed by atoms with Crippen LogP contribution in [0.4, 0.5) is 0 Å². The Balaban J connectivity index is 1.23. The summed E-state index contributed by atoms with van der Waals surface area (Å²) >= 11 is 0. The summed E-state index contributed by atoms with van der Waals surface area (Å²) in [5.74, 6) is 2.19. The van der Waals surface area contributed by atoms with Gasteiger partial charge in [0.25, 0.3) is 0 Å². The van der Waals surface area contributed by atoms with E-state index in [0.717, 1.165) is 56.8 Å². The molecule has 1 spiro atoms. The number of nitrogens with zero attached hydrogens (tertiary/aromatic N) is 2. The largest absolute Gasteiger partial charge is 0.370 e. The van der Waals surface area contributed by atoms with E-state index in [1.807, 2.05) is 13.8 Å². The van der Waals surface area contributed by atoms with E-state index in [4.69, 9.17) is 9.26 Å². The Bertz CT molecular complexity index is 844. The number of ether oxygens (including phenoxy) is 1. The zero-order chi connectivity index (χ0) is 20.2. The second-order valence-corrected chi connectivity index (χ2v) is 11.6. The lowest BCUT2D eigenvalue weighted by Gasteiger charge is -2.29. The average Bonchev–Trinajstić information content (AvgIpc) is 3.45. The molecule has 4 aliphatic rings. The van der Waals surface area contributed by atoms with Crippen molar-refractivity contribution in [3.63, 3.8) is 0 Å². The third kappa shape index (κ3) is 3.66. The summed E-state index contributed by atoms with van der Waals surface area (Å²) in [5, 5.41) is 4.08. The van der Waals surface area contributed by atoms with Crippen molar-refractivity contribution in [1.82, 2.24) is 14.8 Å². The maximum atomic E-state index is 12.6. The fraction of sp³-hybridized carbons (Fsp3) is 0.857. The summed E-state index contributed by atoms with van der Waals surface area (Å²) in [5.41, 5.74) is 2.04. The first-order valence-corrected chi connectivity index (χ1v) is 12.8. The highest BCUT2D eigenvalue weighted by molar-refractivity contribution is 7.89. The van der Waals surface area contributed by atoms with Crippen LogP contribution in [0.15, 0.2) is 4.52 Å². The third-order valence-electron chi connectivity index (χ3n) is 7.89. The van der Waals surface area contributed by atoms with Crippen LogP contribution in [0.3, 0.4) is 0 Å². The predicted molar refractivity (Wildman–Crippen MR) is 109 cm³/mol. The standard InChI is InChI=1S/C21H33N3O4S/c1-14-18(15(2)28-23-14)10-24-11-19-17(20-7-8-21(19,13-24)27-20)9-22-29(25,26)12-16-5-3-4-6-16/h16-17,19-20,22H,3-13H2,1-2H3/t17-,19+,20+,21+/m0/s1. The van der Waals surface area contributed by atoms with Gasteiger partial charge in [-0.3, -0.25) is 4.90 Å². The van der Waals surface area contributed by atoms with Crippen molar-refractivity contribution in [2.75, 3.05) is 25.4 Å².